The van der Waals surface area contributed by atoms with Crippen molar-refractivity contribution in [3.63, 3.8) is 0 Å². The van der Waals surface area contributed by atoms with Crippen molar-refractivity contribution < 1.29 is 0 Å². The second-order valence-corrected chi connectivity index (χ2v) is 7.15. The number of aryl methyl sites for hydroxylation is 1. The third kappa shape index (κ3) is 3.23. The van der Waals surface area contributed by atoms with Gasteiger partial charge in [0.25, 0.3) is 0 Å². The summed E-state index contributed by atoms with van der Waals surface area (Å²) in [5, 5.41) is 9.53. The van der Waals surface area contributed by atoms with Crippen molar-refractivity contribution in [2.24, 2.45) is 0 Å². The molecule has 0 aliphatic heterocycles. The molecule has 1 N–H and O–H groups in total. The summed E-state index contributed by atoms with van der Waals surface area (Å²) in [6, 6.07) is 16.6. The van der Waals surface area contributed by atoms with Crippen LogP contribution in [0.4, 0.5) is 0 Å². The van der Waals surface area contributed by atoms with Crippen LogP contribution in [0.15, 0.2) is 42.5 Å². The van der Waals surface area contributed by atoms with E-state index in [4.69, 9.17) is 0 Å². The van der Waals surface area contributed by atoms with Gasteiger partial charge in [0.15, 0.2) is 0 Å². The maximum absolute atomic E-state index is 9.53. The van der Waals surface area contributed by atoms with Crippen LogP contribution in [-0.2, 0) is 5.41 Å². The number of nitrogens with one attached hydrogen (secondary N) is 1. The summed E-state index contributed by atoms with van der Waals surface area (Å²) in [5.74, 6) is 0.609. The van der Waals surface area contributed by atoms with Crippen LogP contribution in [0.1, 0.15) is 43.3 Å². The molecule has 0 aliphatic carbocycles. The van der Waals surface area contributed by atoms with Gasteiger partial charge in [-0.15, -0.1) is 0 Å². The van der Waals surface area contributed by atoms with Crippen LogP contribution in [0.3, 0.4) is 0 Å². The fourth-order valence-corrected chi connectivity index (χ4v) is 2.65. The molecular formula is C21H21N3. The van der Waals surface area contributed by atoms with E-state index in [-0.39, 0.29) is 5.41 Å². The molecule has 0 amide bonds. The fraction of sp³-hybridized carbons (Fsp3) is 0.238. The van der Waals surface area contributed by atoms with Crippen LogP contribution in [0.5, 0.6) is 0 Å². The van der Waals surface area contributed by atoms with E-state index in [2.05, 4.69) is 48.9 Å². The molecule has 24 heavy (non-hydrogen) atoms. The van der Waals surface area contributed by atoms with Crippen molar-refractivity contribution in [1.29, 1.82) is 5.26 Å². The zero-order chi connectivity index (χ0) is 17.3. The molecule has 0 saturated heterocycles. The Morgan fingerprint density at radius 3 is 2.46 bits per heavy atom. The Bertz CT molecular complexity index is 945. The average Bonchev–Trinajstić information content (AvgIpc) is 2.95. The van der Waals surface area contributed by atoms with Gasteiger partial charge in [0.2, 0.25) is 0 Å². The van der Waals surface area contributed by atoms with Crippen molar-refractivity contribution in [2.75, 3.05) is 0 Å². The Morgan fingerprint density at radius 1 is 1.12 bits per heavy atom. The van der Waals surface area contributed by atoms with Crippen molar-refractivity contribution in [1.82, 2.24) is 9.97 Å². The molecular weight excluding hydrogens is 294 g/mol. The first kappa shape index (κ1) is 16.0. The minimum Gasteiger partial charge on any atom is -0.337 e. The second-order valence-electron chi connectivity index (χ2n) is 7.15. The summed E-state index contributed by atoms with van der Waals surface area (Å²) in [5.41, 5.74) is 5.92. The van der Waals surface area contributed by atoms with Gasteiger partial charge in [0.05, 0.1) is 16.6 Å². The highest BCUT2D eigenvalue weighted by molar-refractivity contribution is 5.90. The molecule has 1 heterocycles. The highest BCUT2D eigenvalue weighted by Crippen LogP contribution is 2.24. The molecule has 3 heteroatoms. The topological polar surface area (TPSA) is 52.5 Å². The van der Waals surface area contributed by atoms with Crippen LogP contribution < -0.4 is 0 Å². The zero-order valence-corrected chi connectivity index (χ0v) is 14.5. The third-order valence-corrected chi connectivity index (χ3v) is 4.10. The number of H-pyrrole nitrogens is 1. The molecule has 0 atom stereocenters. The number of hydrogen-bond donors (Lipinski definition) is 1. The average molecular weight is 315 g/mol. The number of hydrogen-bond acceptors (Lipinski definition) is 2. The lowest BCUT2D eigenvalue weighted by Crippen LogP contribution is -2.10. The number of aromatic amines is 1. The molecule has 1 aromatic heterocycles. The maximum atomic E-state index is 9.53. The normalized spacial score (nSPS) is 12.4. The molecule has 120 valence electrons. The molecule has 3 aromatic rings. The lowest BCUT2D eigenvalue weighted by atomic mass is 9.86. The predicted octanol–water partition coefficient (Wildman–Crippen LogP) is 5.23. The standard InChI is InChI=1S/C21H21N3/c1-14-5-10-18-19(11-14)24-20(23-18)16(13-22)12-15-6-8-17(9-7-15)21(2,3)4/h5-12H,1-4H3,(H,23,24)/b16-12-. The largest absolute Gasteiger partial charge is 0.337 e. The van der Waals surface area contributed by atoms with Crippen LogP contribution in [-0.4, -0.2) is 9.97 Å². The van der Waals surface area contributed by atoms with Gasteiger partial charge in [-0.25, -0.2) is 4.98 Å². The van der Waals surface area contributed by atoms with E-state index in [0.29, 0.717) is 11.4 Å². The van der Waals surface area contributed by atoms with Gasteiger partial charge in [-0.1, -0.05) is 51.1 Å². The quantitative estimate of drug-likeness (QED) is 0.658. The van der Waals surface area contributed by atoms with Gasteiger partial charge >= 0.3 is 0 Å². The summed E-state index contributed by atoms with van der Waals surface area (Å²) in [4.78, 5) is 7.77. The highest BCUT2D eigenvalue weighted by atomic mass is 14.9. The monoisotopic (exact) mass is 315 g/mol. The lowest BCUT2D eigenvalue weighted by Gasteiger charge is -2.18. The number of allylic oxidation sites excluding steroid dienone is 1. The smallest absolute Gasteiger partial charge is 0.149 e. The Morgan fingerprint density at radius 2 is 1.83 bits per heavy atom. The van der Waals surface area contributed by atoms with Crippen LogP contribution in [0.25, 0.3) is 22.7 Å². The summed E-state index contributed by atoms with van der Waals surface area (Å²) < 4.78 is 0. The van der Waals surface area contributed by atoms with E-state index in [0.717, 1.165) is 22.2 Å². The van der Waals surface area contributed by atoms with Crippen molar-refractivity contribution in [3.05, 3.63) is 65.0 Å². The van der Waals surface area contributed by atoms with Gasteiger partial charge in [-0.05, 0) is 47.2 Å². The number of aromatic nitrogens is 2. The van der Waals surface area contributed by atoms with Gasteiger partial charge in [0, 0.05) is 0 Å². The van der Waals surface area contributed by atoms with Gasteiger partial charge in [-0.2, -0.15) is 5.26 Å². The summed E-state index contributed by atoms with van der Waals surface area (Å²) in [7, 11) is 0. The van der Waals surface area contributed by atoms with Crippen LogP contribution in [0, 0.1) is 18.3 Å². The lowest BCUT2D eigenvalue weighted by molar-refractivity contribution is 0.590. The Hall–Kier alpha value is -2.86. The Labute approximate surface area is 142 Å². The van der Waals surface area contributed by atoms with Gasteiger partial charge in [-0.3, -0.25) is 0 Å². The molecule has 0 aliphatic rings. The first-order chi connectivity index (χ1) is 11.4. The molecule has 3 nitrogen and oxygen atoms in total. The summed E-state index contributed by atoms with van der Waals surface area (Å²) >= 11 is 0. The first-order valence-corrected chi connectivity index (χ1v) is 8.06. The first-order valence-electron chi connectivity index (χ1n) is 8.06. The summed E-state index contributed by atoms with van der Waals surface area (Å²) in [6.07, 6.45) is 1.87. The zero-order valence-electron chi connectivity index (χ0n) is 14.5. The molecule has 2 aromatic carbocycles. The van der Waals surface area contributed by atoms with Gasteiger partial charge < -0.3 is 4.98 Å². The number of fused-ring (bicyclic) bond motifs is 1. The molecule has 0 radical (unpaired) electrons. The molecule has 0 fully saturated rings. The highest BCUT2D eigenvalue weighted by Gasteiger charge is 2.13. The SMILES string of the molecule is Cc1ccc2nc(/C(C#N)=C\c3ccc(C(C)(C)C)cc3)[nH]c2c1. The van der Waals surface area contributed by atoms with Crippen molar-refractivity contribution in [2.45, 2.75) is 33.1 Å². The number of nitriles is 1. The van der Waals surface area contributed by atoms with Crippen LogP contribution in [0.2, 0.25) is 0 Å². The van der Waals surface area contributed by atoms with E-state index in [1.54, 1.807) is 0 Å². The fourth-order valence-electron chi connectivity index (χ4n) is 2.65. The van der Waals surface area contributed by atoms with E-state index in [1.165, 1.54) is 5.56 Å². The molecule has 0 unspecified atom stereocenters. The van der Waals surface area contributed by atoms with E-state index >= 15 is 0 Å². The van der Waals surface area contributed by atoms with Crippen LogP contribution >= 0.6 is 0 Å². The number of imidazole rings is 1. The predicted molar refractivity (Wildman–Crippen MR) is 99.5 cm³/mol. The number of benzene rings is 2. The number of nitrogens with zero attached hydrogens (tertiary/aromatic N) is 2. The molecule has 0 spiro atoms. The third-order valence-electron chi connectivity index (χ3n) is 4.10. The molecule has 0 saturated carbocycles. The molecule has 3 rings (SSSR count). The molecule has 0 bridgehead atoms. The minimum absolute atomic E-state index is 0.122. The van der Waals surface area contributed by atoms with Crippen molar-refractivity contribution >= 4 is 22.7 Å². The maximum Gasteiger partial charge on any atom is 0.149 e. The van der Waals surface area contributed by atoms with E-state index in [9.17, 15) is 5.26 Å². The van der Waals surface area contributed by atoms with Crippen molar-refractivity contribution in [3.8, 4) is 6.07 Å². The Balaban J connectivity index is 1.98. The number of rotatable bonds is 2. The summed E-state index contributed by atoms with van der Waals surface area (Å²) in [6.45, 7) is 8.61. The second kappa shape index (κ2) is 5.98. The van der Waals surface area contributed by atoms with Gasteiger partial charge in [0.1, 0.15) is 11.9 Å². The van der Waals surface area contributed by atoms with E-state index in [1.807, 2.05) is 43.3 Å². The van der Waals surface area contributed by atoms with E-state index < -0.39 is 0 Å². The Kier molecular flexibility index (Phi) is 3.99. The minimum atomic E-state index is 0.122.